The third-order valence-electron chi connectivity index (χ3n) is 2.98. The first kappa shape index (κ1) is 12.5. The lowest BCUT2D eigenvalue weighted by Crippen LogP contribution is -2.32. The van der Waals surface area contributed by atoms with Crippen molar-refractivity contribution in [3.63, 3.8) is 0 Å². The van der Waals surface area contributed by atoms with E-state index in [2.05, 4.69) is 4.90 Å². The van der Waals surface area contributed by atoms with E-state index in [0.717, 1.165) is 26.2 Å². The number of thioether (sulfide) groups is 1. The van der Waals surface area contributed by atoms with Crippen LogP contribution in [0.15, 0.2) is 23.1 Å². The standard InChI is InChI=1S/C12H19N3OS/c13-11-2-3-12(16)15(10-11)6-5-14-4-1-8-17-9-7-14/h2-3,10H,1,4-9,13H2. The Balaban J connectivity index is 1.92. The van der Waals surface area contributed by atoms with E-state index in [1.54, 1.807) is 16.8 Å². The second kappa shape index (κ2) is 6.12. The fourth-order valence-corrected chi connectivity index (χ4v) is 2.92. The molecule has 0 atom stereocenters. The molecule has 1 aromatic rings. The Kier molecular flexibility index (Phi) is 4.50. The lowest BCUT2D eigenvalue weighted by molar-refractivity contribution is 0.281. The number of nitrogens with two attached hydrogens (primary N) is 1. The fourth-order valence-electron chi connectivity index (χ4n) is 2.00. The number of hydrogen-bond acceptors (Lipinski definition) is 4. The SMILES string of the molecule is Nc1ccc(=O)n(CCN2CCCSCC2)c1. The average molecular weight is 253 g/mol. The molecule has 2 rings (SSSR count). The minimum atomic E-state index is 0.0309. The molecule has 2 N–H and O–H groups in total. The number of hydrogen-bond donors (Lipinski definition) is 1. The molecular formula is C12H19N3OS. The van der Waals surface area contributed by atoms with Crippen LogP contribution in [-0.4, -0.2) is 40.6 Å². The molecule has 0 spiro atoms. The van der Waals surface area contributed by atoms with Gasteiger partial charge >= 0.3 is 0 Å². The van der Waals surface area contributed by atoms with Crippen LogP contribution in [0, 0.1) is 0 Å². The summed E-state index contributed by atoms with van der Waals surface area (Å²) in [5, 5.41) is 0. The van der Waals surface area contributed by atoms with Gasteiger partial charge in [-0.15, -0.1) is 0 Å². The summed E-state index contributed by atoms with van der Waals surface area (Å²) in [5.41, 5.74) is 6.36. The summed E-state index contributed by atoms with van der Waals surface area (Å²) in [7, 11) is 0. The van der Waals surface area contributed by atoms with Gasteiger partial charge in [0.25, 0.3) is 5.56 Å². The Labute approximate surface area is 106 Å². The number of rotatable bonds is 3. The molecule has 4 nitrogen and oxygen atoms in total. The van der Waals surface area contributed by atoms with Gasteiger partial charge in [-0.25, -0.2) is 0 Å². The van der Waals surface area contributed by atoms with E-state index in [9.17, 15) is 4.79 Å². The molecule has 2 heterocycles. The van der Waals surface area contributed by atoms with Crippen molar-refractivity contribution in [1.82, 2.24) is 9.47 Å². The summed E-state index contributed by atoms with van der Waals surface area (Å²) in [6.07, 6.45) is 2.98. The highest BCUT2D eigenvalue weighted by atomic mass is 32.2. The Morgan fingerprint density at radius 1 is 1.24 bits per heavy atom. The molecule has 1 aliphatic heterocycles. The van der Waals surface area contributed by atoms with Gasteiger partial charge in [0.2, 0.25) is 0 Å². The maximum absolute atomic E-state index is 11.6. The molecule has 0 aromatic carbocycles. The monoisotopic (exact) mass is 253 g/mol. The fraction of sp³-hybridized carbons (Fsp3) is 0.583. The summed E-state index contributed by atoms with van der Waals surface area (Å²) in [4.78, 5) is 14.0. The van der Waals surface area contributed by atoms with E-state index in [-0.39, 0.29) is 5.56 Å². The van der Waals surface area contributed by atoms with Crippen LogP contribution in [0.1, 0.15) is 6.42 Å². The number of pyridine rings is 1. The first-order valence-electron chi connectivity index (χ1n) is 6.02. The van der Waals surface area contributed by atoms with E-state index in [0.29, 0.717) is 5.69 Å². The van der Waals surface area contributed by atoms with Gasteiger partial charge in [-0.3, -0.25) is 4.79 Å². The quantitative estimate of drug-likeness (QED) is 0.868. The lowest BCUT2D eigenvalue weighted by Gasteiger charge is -2.19. The Morgan fingerprint density at radius 3 is 3.00 bits per heavy atom. The Bertz CT molecular complexity index is 410. The zero-order valence-corrected chi connectivity index (χ0v) is 10.8. The minimum Gasteiger partial charge on any atom is -0.398 e. The van der Waals surface area contributed by atoms with Gasteiger partial charge in [-0.05, 0) is 24.8 Å². The third-order valence-corrected chi connectivity index (χ3v) is 4.03. The molecule has 0 radical (unpaired) electrons. The summed E-state index contributed by atoms with van der Waals surface area (Å²) >= 11 is 2.02. The normalized spacial score (nSPS) is 17.9. The molecule has 1 aromatic heterocycles. The van der Waals surface area contributed by atoms with Crippen molar-refractivity contribution in [2.75, 3.05) is 36.9 Å². The summed E-state index contributed by atoms with van der Waals surface area (Å²) in [5.74, 6) is 2.46. The molecule has 0 amide bonds. The van der Waals surface area contributed by atoms with Crippen LogP contribution in [0.5, 0.6) is 0 Å². The molecular weight excluding hydrogens is 234 g/mol. The molecule has 1 fully saturated rings. The first-order chi connectivity index (χ1) is 8.25. The van der Waals surface area contributed by atoms with Crippen molar-refractivity contribution in [3.05, 3.63) is 28.7 Å². The second-order valence-electron chi connectivity index (χ2n) is 4.30. The molecule has 1 aliphatic rings. The maximum Gasteiger partial charge on any atom is 0.250 e. The number of nitrogens with zero attached hydrogens (tertiary/aromatic N) is 2. The van der Waals surface area contributed by atoms with E-state index in [4.69, 9.17) is 5.73 Å². The van der Waals surface area contributed by atoms with E-state index < -0.39 is 0 Å². The summed E-state index contributed by atoms with van der Waals surface area (Å²) in [6.45, 7) is 3.93. The van der Waals surface area contributed by atoms with Gasteiger partial charge in [0, 0.05) is 43.3 Å². The van der Waals surface area contributed by atoms with Crippen LogP contribution in [0.2, 0.25) is 0 Å². The Hall–Kier alpha value is -0.940. The van der Waals surface area contributed by atoms with Gasteiger partial charge in [-0.1, -0.05) is 0 Å². The van der Waals surface area contributed by atoms with Crippen molar-refractivity contribution in [2.24, 2.45) is 0 Å². The summed E-state index contributed by atoms with van der Waals surface area (Å²) < 4.78 is 1.70. The zero-order valence-electron chi connectivity index (χ0n) is 9.97. The van der Waals surface area contributed by atoms with Gasteiger partial charge in [0.05, 0.1) is 0 Å². The Morgan fingerprint density at radius 2 is 2.12 bits per heavy atom. The van der Waals surface area contributed by atoms with Crippen molar-refractivity contribution in [1.29, 1.82) is 0 Å². The topological polar surface area (TPSA) is 51.3 Å². The van der Waals surface area contributed by atoms with E-state index in [1.165, 1.54) is 24.0 Å². The van der Waals surface area contributed by atoms with Gasteiger partial charge in [-0.2, -0.15) is 11.8 Å². The highest BCUT2D eigenvalue weighted by Crippen LogP contribution is 2.09. The molecule has 5 heteroatoms. The van der Waals surface area contributed by atoms with E-state index in [1.807, 2.05) is 11.8 Å². The second-order valence-corrected chi connectivity index (χ2v) is 5.53. The highest BCUT2D eigenvalue weighted by Gasteiger charge is 2.09. The molecule has 1 saturated heterocycles. The number of anilines is 1. The van der Waals surface area contributed by atoms with E-state index >= 15 is 0 Å². The molecule has 0 bridgehead atoms. The van der Waals surface area contributed by atoms with Crippen molar-refractivity contribution < 1.29 is 0 Å². The molecule has 0 aliphatic carbocycles. The third kappa shape index (κ3) is 3.78. The number of aromatic nitrogens is 1. The highest BCUT2D eigenvalue weighted by molar-refractivity contribution is 7.99. The lowest BCUT2D eigenvalue weighted by atomic mass is 10.3. The zero-order chi connectivity index (χ0) is 12.1. The van der Waals surface area contributed by atoms with Crippen molar-refractivity contribution in [3.8, 4) is 0 Å². The molecule has 0 unspecified atom stereocenters. The van der Waals surface area contributed by atoms with Crippen LogP contribution in [0.3, 0.4) is 0 Å². The minimum absolute atomic E-state index is 0.0309. The van der Waals surface area contributed by atoms with Gasteiger partial charge in [0.15, 0.2) is 0 Å². The van der Waals surface area contributed by atoms with Crippen LogP contribution in [0.25, 0.3) is 0 Å². The molecule has 17 heavy (non-hydrogen) atoms. The first-order valence-corrected chi connectivity index (χ1v) is 7.17. The smallest absolute Gasteiger partial charge is 0.250 e. The van der Waals surface area contributed by atoms with Gasteiger partial charge in [0.1, 0.15) is 0 Å². The van der Waals surface area contributed by atoms with Crippen LogP contribution < -0.4 is 11.3 Å². The number of nitrogen functional groups attached to an aromatic ring is 1. The van der Waals surface area contributed by atoms with Crippen molar-refractivity contribution >= 4 is 17.4 Å². The molecule has 94 valence electrons. The average Bonchev–Trinajstić information content (AvgIpc) is 2.59. The molecule has 0 saturated carbocycles. The van der Waals surface area contributed by atoms with Crippen molar-refractivity contribution in [2.45, 2.75) is 13.0 Å². The largest absolute Gasteiger partial charge is 0.398 e. The maximum atomic E-state index is 11.6. The van der Waals surface area contributed by atoms with Crippen LogP contribution in [-0.2, 0) is 6.54 Å². The summed E-state index contributed by atoms with van der Waals surface area (Å²) in [6, 6.07) is 3.19. The van der Waals surface area contributed by atoms with Crippen LogP contribution in [0.4, 0.5) is 5.69 Å². The van der Waals surface area contributed by atoms with Crippen LogP contribution >= 0.6 is 11.8 Å². The van der Waals surface area contributed by atoms with Gasteiger partial charge < -0.3 is 15.2 Å². The predicted molar refractivity (Wildman–Crippen MR) is 73.5 cm³/mol. The predicted octanol–water partition coefficient (Wildman–Crippen LogP) is 0.869.